The Bertz CT molecular complexity index is 348. The average molecular weight is 228 g/mol. The zero-order chi connectivity index (χ0) is 11.6. The summed E-state index contributed by atoms with van der Waals surface area (Å²) in [5.74, 6) is 0.330. The molecule has 0 N–H and O–H groups in total. The smallest absolute Gasteiger partial charge is 0.166 e. The number of rotatable bonds is 1. The maximum atomic E-state index is 12.5. The van der Waals surface area contributed by atoms with Crippen molar-refractivity contribution in [2.75, 3.05) is 0 Å². The van der Waals surface area contributed by atoms with Crippen LogP contribution in [0.3, 0.4) is 0 Å². The summed E-state index contributed by atoms with van der Waals surface area (Å²) in [4.78, 5) is 0. The third-order valence-electron chi connectivity index (χ3n) is 3.29. The summed E-state index contributed by atoms with van der Waals surface area (Å²) >= 11 is 0. The van der Waals surface area contributed by atoms with Gasteiger partial charge >= 0.3 is 6.18 Å². The van der Waals surface area contributed by atoms with Gasteiger partial charge in [-0.25, -0.2) is 0 Å². The van der Waals surface area contributed by atoms with Crippen LogP contribution >= 0.6 is 0 Å². The lowest BCUT2D eigenvalue weighted by Crippen LogP contribution is -2.08. The van der Waals surface area contributed by atoms with E-state index < -0.39 is 11.7 Å². The summed E-state index contributed by atoms with van der Waals surface area (Å²) in [5.41, 5.74) is 0.338. The fourth-order valence-electron chi connectivity index (χ4n) is 2.40. The van der Waals surface area contributed by atoms with Gasteiger partial charge in [-0.1, -0.05) is 37.5 Å². The van der Waals surface area contributed by atoms with E-state index in [-0.39, 0.29) is 0 Å². The molecule has 0 bridgehead atoms. The number of hydrogen-bond acceptors (Lipinski definition) is 0. The Morgan fingerprint density at radius 2 is 1.69 bits per heavy atom. The Balaban J connectivity index is 2.21. The average Bonchev–Trinajstić information content (AvgIpc) is 2.29. The highest BCUT2D eigenvalue weighted by Crippen LogP contribution is 2.36. The van der Waals surface area contributed by atoms with Crippen molar-refractivity contribution in [3.63, 3.8) is 0 Å². The fraction of sp³-hybridized carbons (Fsp3) is 0.538. The minimum Gasteiger partial charge on any atom is -0.166 e. The molecule has 1 aliphatic carbocycles. The Morgan fingerprint density at radius 3 is 2.31 bits per heavy atom. The van der Waals surface area contributed by atoms with Crippen molar-refractivity contribution in [1.29, 1.82) is 0 Å². The first-order valence-electron chi connectivity index (χ1n) is 5.74. The Kier molecular flexibility index (Phi) is 3.22. The molecule has 0 spiro atoms. The van der Waals surface area contributed by atoms with Gasteiger partial charge in [0.25, 0.3) is 0 Å². The lowest BCUT2D eigenvalue weighted by atomic mass is 9.83. The van der Waals surface area contributed by atoms with Crippen LogP contribution in [0, 0.1) is 0 Å². The topological polar surface area (TPSA) is 0 Å². The molecule has 0 nitrogen and oxygen atoms in total. The monoisotopic (exact) mass is 228 g/mol. The van der Waals surface area contributed by atoms with Crippen LogP contribution in [0.15, 0.2) is 24.3 Å². The molecule has 1 saturated carbocycles. The van der Waals surface area contributed by atoms with Crippen LogP contribution in [0.5, 0.6) is 0 Å². The largest absolute Gasteiger partial charge is 0.416 e. The molecule has 0 radical (unpaired) electrons. The Labute approximate surface area is 93.5 Å². The van der Waals surface area contributed by atoms with E-state index in [0.717, 1.165) is 37.3 Å². The lowest BCUT2D eigenvalue weighted by Gasteiger charge is -2.22. The number of benzene rings is 1. The van der Waals surface area contributed by atoms with Crippen molar-refractivity contribution in [3.05, 3.63) is 35.4 Å². The third-order valence-corrected chi connectivity index (χ3v) is 3.29. The van der Waals surface area contributed by atoms with E-state index in [4.69, 9.17) is 0 Å². The van der Waals surface area contributed by atoms with Crippen LogP contribution in [0.1, 0.15) is 49.1 Å². The summed E-state index contributed by atoms with van der Waals surface area (Å²) < 4.78 is 37.6. The van der Waals surface area contributed by atoms with Gasteiger partial charge in [0.05, 0.1) is 5.56 Å². The second kappa shape index (κ2) is 4.48. The van der Waals surface area contributed by atoms with Crippen LogP contribution in [-0.2, 0) is 6.18 Å². The van der Waals surface area contributed by atoms with E-state index in [1.54, 1.807) is 0 Å². The van der Waals surface area contributed by atoms with E-state index >= 15 is 0 Å². The highest BCUT2D eigenvalue weighted by molar-refractivity contribution is 5.28. The lowest BCUT2D eigenvalue weighted by molar-refractivity contribution is -0.137. The van der Waals surface area contributed by atoms with Gasteiger partial charge in [0.15, 0.2) is 0 Å². The molecule has 0 aromatic heterocycles. The standard InChI is InChI=1S/C13H15F3/c14-13(15,16)12-8-4-7-11(9-12)10-5-2-1-3-6-10/h4,7-10H,1-3,5-6H2. The zero-order valence-corrected chi connectivity index (χ0v) is 9.06. The van der Waals surface area contributed by atoms with E-state index in [1.165, 1.54) is 18.6 Å². The van der Waals surface area contributed by atoms with Crippen molar-refractivity contribution in [2.45, 2.75) is 44.2 Å². The van der Waals surface area contributed by atoms with E-state index in [9.17, 15) is 13.2 Å². The van der Waals surface area contributed by atoms with E-state index in [2.05, 4.69) is 0 Å². The molecule has 0 saturated heterocycles. The molecule has 2 rings (SSSR count). The molecule has 1 aromatic rings. The second-order valence-electron chi connectivity index (χ2n) is 4.46. The summed E-state index contributed by atoms with van der Waals surface area (Å²) in [6.45, 7) is 0. The molecular weight excluding hydrogens is 213 g/mol. The van der Waals surface area contributed by atoms with Crippen LogP contribution in [0.2, 0.25) is 0 Å². The molecule has 1 aromatic carbocycles. The normalized spacial score (nSPS) is 18.7. The first-order chi connectivity index (χ1) is 7.57. The summed E-state index contributed by atoms with van der Waals surface area (Å²) in [6, 6.07) is 5.81. The van der Waals surface area contributed by atoms with Gasteiger partial charge in [-0.05, 0) is 30.4 Å². The minimum absolute atomic E-state index is 0.330. The fourth-order valence-corrected chi connectivity index (χ4v) is 2.40. The highest BCUT2D eigenvalue weighted by atomic mass is 19.4. The quantitative estimate of drug-likeness (QED) is 0.650. The van der Waals surface area contributed by atoms with Crippen molar-refractivity contribution in [1.82, 2.24) is 0 Å². The van der Waals surface area contributed by atoms with Gasteiger partial charge in [-0.15, -0.1) is 0 Å². The molecule has 0 unspecified atom stereocenters. The molecule has 1 aliphatic rings. The number of halogens is 3. The molecular formula is C13H15F3. The van der Waals surface area contributed by atoms with Gasteiger partial charge < -0.3 is 0 Å². The number of alkyl halides is 3. The molecule has 16 heavy (non-hydrogen) atoms. The predicted molar refractivity (Wildman–Crippen MR) is 57.3 cm³/mol. The van der Waals surface area contributed by atoms with Gasteiger partial charge in [-0.3, -0.25) is 0 Å². The second-order valence-corrected chi connectivity index (χ2v) is 4.46. The summed E-state index contributed by atoms with van der Waals surface area (Å²) in [5, 5.41) is 0. The van der Waals surface area contributed by atoms with Crippen LogP contribution < -0.4 is 0 Å². The Morgan fingerprint density at radius 1 is 1.00 bits per heavy atom. The molecule has 88 valence electrons. The van der Waals surface area contributed by atoms with Crippen molar-refractivity contribution < 1.29 is 13.2 Å². The third kappa shape index (κ3) is 2.57. The zero-order valence-electron chi connectivity index (χ0n) is 9.06. The molecule has 1 fully saturated rings. The van der Waals surface area contributed by atoms with Gasteiger partial charge in [0.1, 0.15) is 0 Å². The Hall–Kier alpha value is -0.990. The summed E-state index contributed by atoms with van der Waals surface area (Å²) in [7, 11) is 0. The van der Waals surface area contributed by atoms with Crippen molar-refractivity contribution in [3.8, 4) is 0 Å². The molecule has 0 amide bonds. The van der Waals surface area contributed by atoms with Crippen molar-refractivity contribution >= 4 is 0 Å². The predicted octanol–water partition coefficient (Wildman–Crippen LogP) is 4.75. The SMILES string of the molecule is FC(F)(F)c1cccc(C2CCCCC2)c1. The van der Waals surface area contributed by atoms with Gasteiger partial charge in [-0.2, -0.15) is 13.2 Å². The van der Waals surface area contributed by atoms with Gasteiger partial charge in [0.2, 0.25) is 0 Å². The highest BCUT2D eigenvalue weighted by Gasteiger charge is 2.31. The first-order valence-corrected chi connectivity index (χ1v) is 5.74. The maximum absolute atomic E-state index is 12.5. The molecule has 0 heterocycles. The maximum Gasteiger partial charge on any atom is 0.416 e. The van der Waals surface area contributed by atoms with E-state index in [1.807, 2.05) is 6.07 Å². The molecule has 0 atom stereocenters. The van der Waals surface area contributed by atoms with E-state index in [0.29, 0.717) is 5.92 Å². The minimum atomic E-state index is -4.22. The van der Waals surface area contributed by atoms with Crippen LogP contribution in [-0.4, -0.2) is 0 Å². The molecule has 3 heteroatoms. The van der Waals surface area contributed by atoms with Gasteiger partial charge in [0, 0.05) is 0 Å². The molecule has 0 aliphatic heterocycles. The summed E-state index contributed by atoms with van der Waals surface area (Å²) in [6.07, 6.45) is 1.34. The number of hydrogen-bond donors (Lipinski definition) is 0. The first kappa shape index (κ1) is 11.5. The van der Waals surface area contributed by atoms with Crippen molar-refractivity contribution in [2.24, 2.45) is 0 Å². The van der Waals surface area contributed by atoms with Crippen LogP contribution in [0.25, 0.3) is 0 Å². The van der Waals surface area contributed by atoms with Crippen LogP contribution in [0.4, 0.5) is 13.2 Å².